The summed E-state index contributed by atoms with van der Waals surface area (Å²) in [6.45, 7) is 3.49. The highest BCUT2D eigenvalue weighted by atomic mass is 16.5. The van der Waals surface area contributed by atoms with Crippen molar-refractivity contribution in [1.82, 2.24) is 15.2 Å². The van der Waals surface area contributed by atoms with Crippen LogP contribution in [0.5, 0.6) is 5.75 Å². The highest BCUT2D eigenvalue weighted by Gasteiger charge is 2.24. The van der Waals surface area contributed by atoms with Gasteiger partial charge in [0.05, 0.1) is 32.2 Å². The fourth-order valence-electron chi connectivity index (χ4n) is 2.65. The van der Waals surface area contributed by atoms with Crippen molar-refractivity contribution in [3.8, 4) is 5.75 Å². The Kier molecular flexibility index (Phi) is 6.80. The molecule has 0 spiro atoms. The first-order valence-corrected chi connectivity index (χ1v) is 9.04. The minimum atomic E-state index is -0.357. The second-order valence-electron chi connectivity index (χ2n) is 6.35. The van der Waals surface area contributed by atoms with Gasteiger partial charge in [0.25, 0.3) is 0 Å². The number of rotatable bonds is 7. The highest BCUT2D eigenvalue weighted by molar-refractivity contribution is 5.94. The third-order valence-electron chi connectivity index (χ3n) is 4.17. The number of aryl methyl sites for hydroxylation is 1. The summed E-state index contributed by atoms with van der Waals surface area (Å²) in [5, 5.41) is 2.58. The predicted molar refractivity (Wildman–Crippen MR) is 102 cm³/mol. The number of hydrogen-bond donors (Lipinski definition) is 1. The molecule has 8 heteroatoms. The van der Waals surface area contributed by atoms with Crippen molar-refractivity contribution in [3.63, 3.8) is 0 Å². The lowest BCUT2D eigenvalue weighted by atomic mass is 10.2. The molecule has 0 saturated carbocycles. The van der Waals surface area contributed by atoms with E-state index in [1.807, 2.05) is 19.1 Å². The molecule has 1 aliphatic heterocycles. The number of carbonyl (C=O) groups is 2. The lowest BCUT2D eigenvalue weighted by Gasteiger charge is -2.32. The van der Waals surface area contributed by atoms with E-state index in [9.17, 15) is 9.59 Å². The zero-order valence-corrected chi connectivity index (χ0v) is 15.7. The van der Waals surface area contributed by atoms with Crippen LogP contribution in [0.2, 0.25) is 0 Å². The number of nitrogens with one attached hydrogen (secondary N) is 1. The number of amides is 2. The third kappa shape index (κ3) is 5.95. The van der Waals surface area contributed by atoms with Crippen LogP contribution in [0.3, 0.4) is 0 Å². The quantitative estimate of drug-likeness (QED) is 0.725. The molecule has 1 saturated heterocycles. The van der Waals surface area contributed by atoms with Gasteiger partial charge < -0.3 is 24.1 Å². The van der Waals surface area contributed by atoms with Gasteiger partial charge in [0.2, 0.25) is 11.8 Å². The maximum atomic E-state index is 12.4. The van der Waals surface area contributed by atoms with Crippen LogP contribution in [0, 0.1) is 6.92 Å². The van der Waals surface area contributed by atoms with Gasteiger partial charge in [-0.25, -0.2) is 0 Å². The van der Waals surface area contributed by atoms with Gasteiger partial charge in [0.1, 0.15) is 24.2 Å². The van der Waals surface area contributed by atoms with Gasteiger partial charge in [0.15, 0.2) is 0 Å². The lowest BCUT2D eigenvalue weighted by molar-refractivity contribution is -0.140. The molecular formula is C20H23N3O5. The Morgan fingerprint density at radius 1 is 1.39 bits per heavy atom. The van der Waals surface area contributed by atoms with Crippen molar-refractivity contribution < 1.29 is 23.5 Å². The van der Waals surface area contributed by atoms with Gasteiger partial charge in [-0.2, -0.15) is 0 Å². The molecule has 8 nitrogen and oxygen atoms in total. The first-order chi connectivity index (χ1) is 13.6. The van der Waals surface area contributed by atoms with Gasteiger partial charge in [-0.05, 0) is 37.3 Å². The fraction of sp³-hybridized carbons (Fsp3) is 0.350. The zero-order valence-electron chi connectivity index (χ0n) is 15.7. The van der Waals surface area contributed by atoms with Crippen LogP contribution >= 0.6 is 0 Å². The molecule has 0 aromatic carbocycles. The molecule has 3 heterocycles. The normalized spacial score (nSPS) is 16.9. The molecule has 2 aromatic heterocycles. The standard InChI is InChI=1S/C20H23N3O5/c1-15-4-5-17(11-21-15)28-14-18-13-23(8-10-27-18)20(25)12-22-19(24)7-6-16-3-2-9-26-16/h2-7,9,11,18H,8,10,12-14H2,1H3,(H,22,24). The monoisotopic (exact) mass is 385 g/mol. The number of morpholine rings is 1. The van der Waals surface area contributed by atoms with E-state index in [1.54, 1.807) is 29.3 Å². The lowest BCUT2D eigenvalue weighted by Crippen LogP contribution is -2.50. The zero-order chi connectivity index (χ0) is 19.8. The predicted octanol–water partition coefficient (Wildman–Crippen LogP) is 1.42. The van der Waals surface area contributed by atoms with Crippen molar-refractivity contribution in [1.29, 1.82) is 0 Å². The summed E-state index contributed by atoms with van der Waals surface area (Å²) in [6, 6.07) is 7.18. The summed E-state index contributed by atoms with van der Waals surface area (Å²) in [6.07, 6.45) is 5.83. The highest BCUT2D eigenvalue weighted by Crippen LogP contribution is 2.12. The Hall–Kier alpha value is -3.13. The van der Waals surface area contributed by atoms with Gasteiger partial charge in [0, 0.05) is 18.3 Å². The molecule has 0 bridgehead atoms. The maximum Gasteiger partial charge on any atom is 0.244 e. The smallest absolute Gasteiger partial charge is 0.244 e. The van der Waals surface area contributed by atoms with Gasteiger partial charge in [-0.3, -0.25) is 14.6 Å². The van der Waals surface area contributed by atoms with Crippen molar-refractivity contribution in [3.05, 3.63) is 54.3 Å². The molecular weight excluding hydrogens is 362 g/mol. The summed E-state index contributed by atoms with van der Waals surface area (Å²) in [5.74, 6) is 0.712. The Balaban J connectivity index is 1.41. The van der Waals surface area contributed by atoms with Gasteiger partial charge in [-0.1, -0.05) is 0 Å². The third-order valence-corrected chi connectivity index (χ3v) is 4.17. The van der Waals surface area contributed by atoms with Crippen LogP contribution in [-0.4, -0.2) is 60.7 Å². The van der Waals surface area contributed by atoms with E-state index in [1.165, 1.54) is 12.3 Å². The van der Waals surface area contributed by atoms with E-state index in [2.05, 4.69) is 10.3 Å². The number of ether oxygens (including phenoxy) is 2. The maximum absolute atomic E-state index is 12.4. The number of hydrogen-bond acceptors (Lipinski definition) is 6. The summed E-state index contributed by atoms with van der Waals surface area (Å²) in [4.78, 5) is 30.0. The second kappa shape index (κ2) is 9.70. The van der Waals surface area contributed by atoms with Crippen LogP contribution in [0.1, 0.15) is 11.5 Å². The molecule has 148 valence electrons. The summed E-state index contributed by atoms with van der Waals surface area (Å²) in [5.41, 5.74) is 0.916. The van der Waals surface area contributed by atoms with Crippen LogP contribution in [0.15, 0.2) is 47.2 Å². The van der Waals surface area contributed by atoms with Gasteiger partial charge >= 0.3 is 0 Å². The second-order valence-corrected chi connectivity index (χ2v) is 6.35. The molecule has 0 radical (unpaired) electrons. The number of pyridine rings is 1. The molecule has 2 amide bonds. The Bertz CT molecular complexity index is 802. The summed E-state index contributed by atoms with van der Waals surface area (Å²) < 4.78 is 16.4. The molecule has 1 unspecified atom stereocenters. The first-order valence-electron chi connectivity index (χ1n) is 9.04. The van der Waals surface area contributed by atoms with E-state index in [0.717, 1.165) is 5.69 Å². The van der Waals surface area contributed by atoms with Crippen LogP contribution in [-0.2, 0) is 14.3 Å². The fourth-order valence-corrected chi connectivity index (χ4v) is 2.65. The average molecular weight is 385 g/mol. The minimum absolute atomic E-state index is 0.0726. The molecule has 2 aromatic rings. The first kappa shape index (κ1) is 19.6. The van der Waals surface area contributed by atoms with E-state index in [-0.39, 0.29) is 24.5 Å². The van der Waals surface area contributed by atoms with Crippen LogP contribution < -0.4 is 10.1 Å². The Labute approximate surface area is 163 Å². The Morgan fingerprint density at radius 3 is 3.04 bits per heavy atom. The van der Waals surface area contributed by atoms with Crippen molar-refractivity contribution in [2.75, 3.05) is 32.8 Å². The van der Waals surface area contributed by atoms with E-state index < -0.39 is 0 Å². The minimum Gasteiger partial charge on any atom is -0.489 e. The molecule has 1 aliphatic rings. The summed E-state index contributed by atoms with van der Waals surface area (Å²) in [7, 11) is 0. The largest absolute Gasteiger partial charge is 0.489 e. The average Bonchev–Trinajstić information content (AvgIpc) is 3.24. The van der Waals surface area contributed by atoms with Crippen molar-refractivity contribution in [2.45, 2.75) is 13.0 Å². The number of nitrogens with zero attached hydrogens (tertiary/aromatic N) is 2. The van der Waals surface area contributed by atoms with Crippen molar-refractivity contribution in [2.24, 2.45) is 0 Å². The SMILES string of the molecule is Cc1ccc(OCC2CN(C(=O)CNC(=O)C=Cc3ccco3)CCO2)cn1. The number of furan rings is 1. The molecule has 0 aliphatic carbocycles. The van der Waals surface area contributed by atoms with Crippen LogP contribution in [0.25, 0.3) is 6.08 Å². The van der Waals surface area contributed by atoms with Gasteiger partial charge in [-0.15, -0.1) is 0 Å². The molecule has 1 fully saturated rings. The molecule has 3 rings (SSSR count). The Morgan fingerprint density at radius 2 is 2.29 bits per heavy atom. The number of carbonyl (C=O) groups excluding carboxylic acids is 2. The molecule has 28 heavy (non-hydrogen) atoms. The van der Waals surface area contributed by atoms with E-state index >= 15 is 0 Å². The summed E-state index contributed by atoms with van der Waals surface area (Å²) >= 11 is 0. The van der Waals surface area contributed by atoms with E-state index in [4.69, 9.17) is 13.9 Å². The molecule has 1 atom stereocenters. The topological polar surface area (TPSA) is 93.9 Å². The molecule has 1 N–H and O–H groups in total. The van der Waals surface area contributed by atoms with Crippen LogP contribution in [0.4, 0.5) is 0 Å². The number of aromatic nitrogens is 1. The van der Waals surface area contributed by atoms with Crippen molar-refractivity contribution >= 4 is 17.9 Å². The van der Waals surface area contributed by atoms with E-state index in [0.29, 0.717) is 37.8 Å².